The Morgan fingerprint density at radius 2 is 1.60 bits per heavy atom. The van der Waals surface area contributed by atoms with Gasteiger partial charge in [-0.25, -0.2) is 14.2 Å². The molecule has 4 aliphatic rings. The lowest BCUT2D eigenvalue weighted by atomic mass is 9.81. The van der Waals surface area contributed by atoms with Crippen LogP contribution < -0.4 is 21.5 Å². The third kappa shape index (κ3) is 11.6. The van der Waals surface area contributed by atoms with Crippen LogP contribution in [0.3, 0.4) is 0 Å². The van der Waals surface area contributed by atoms with Crippen LogP contribution in [0.2, 0.25) is 0 Å². The fraction of sp³-hybridized carbons (Fsp3) is 0.446. The quantitative estimate of drug-likeness (QED) is 0.0378. The number of amides is 5. The number of hydrogen-bond donors (Lipinski definition) is 4. The normalized spacial score (nSPS) is 18.0. The van der Waals surface area contributed by atoms with Gasteiger partial charge < -0.3 is 30.4 Å². The number of nitrogens with zero attached hydrogens (tertiary/aromatic N) is 3. The highest BCUT2D eigenvalue weighted by molar-refractivity contribution is 6.12. The Morgan fingerprint density at radius 3 is 2.33 bits per heavy atom. The van der Waals surface area contributed by atoms with Crippen molar-refractivity contribution in [1.82, 2.24) is 30.4 Å². The number of benzene rings is 2. The molecule has 2 aromatic carbocycles. The minimum absolute atomic E-state index is 0.0181. The summed E-state index contributed by atoms with van der Waals surface area (Å²) in [6.45, 7) is 4.34. The van der Waals surface area contributed by atoms with Crippen LogP contribution in [0.15, 0.2) is 59.4 Å². The van der Waals surface area contributed by atoms with E-state index in [1.165, 1.54) is 22.8 Å². The van der Waals surface area contributed by atoms with Crippen molar-refractivity contribution in [3.8, 4) is 11.4 Å². The summed E-state index contributed by atoms with van der Waals surface area (Å²) >= 11 is 0. The number of imide groups is 1. The summed E-state index contributed by atoms with van der Waals surface area (Å²) in [5.41, 5.74) is 2.20. The van der Waals surface area contributed by atoms with Gasteiger partial charge in [-0.2, -0.15) is 0 Å². The smallest absolute Gasteiger partial charge is 0.343 e. The van der Waals surface area contributed by atoms with E-state index in [4.69, 9.17) is 9.72 Å². The van der Waals surface area contributed by atoms with Crippen molar-refractivity contribution < 1.29 is 57.4 Å². The molecule has 0 saturated carbocycles. The van der Waals surface area contributed by atoms with E-state index in [-0.39, 0.29) is 125 Å². The molecule has 0 bridgehead atoms. The second-order valence-corrected chi connectivity index (χ2v) is 20.0. The van der Waals surface area contributed by atoms with Gasteiger partial charge in [0.25, 0.3) is 17.4 Å². The Balaban J connectivity index is 0.838. The van der Waals surface area contributed by atoms with Gasteiger partial charge in [0.2, 0.25) is 17.7 Å². The van der Waals surface area contributed by atoms with Gasteiger partial charge in [-0.05, 0) is 80.2 Å². The molecular weight excluding hydrogens is 968 g/mol. The molecule has 2 aromatic heterocycles. The van der Waals surface area contributed by atoms with Crippen molar-refractivity contribution in [2.75, 3.05) is 19.6 Å². The molecule has 0 radical (unpaired) electrons. The Morgan fingerprint density at radius 1 is 0.867 bits per heavy atom. The van der Waals surface area contributed by atoms with E-state index in [1.807, 2.05) is 18.2 Å². The average molecular weight is 1030 g/mol. The summed E-state index contributed by atoms with van der Waals surface area (Å²) < 4.78 is 22.2. The number of nitrogens with one attached hydrogen (secondary N) is 3. The molecule has 5 heterocycles. The summed E-state index contributed by atoms with van der Waals surface area (Å²) in [6, 6.07) is 11.4. The lowest BCUT2D eigenvalue weighted by Crippen LogP contribution is -2.44. The van der Waals surface area contributed by atoms with Crippen LogP contribution in [0.1, 0.15) is 129 Å². The summed E-state index contributed by atoms with van der Waals surface area (Å²) in [5, 5.41) is 20.4. The highest BCUT2D eigenvalue weighted by atomic mass is 19.1. The number of aryl methyl sites for hydroxylation is 1. The summed E-state index contributed by atoms with van der Waals surface area (Å²) in [7, 11) is 0. The van der Waals surface area contributed by atoms with E-state index in [2.05, 4.69) is 16.0 Å². The molecule has 5 amide bonds. The number of fused-ring (bicyclic) bond motifs is 5. The molecule has 1 aliphatic carbocycles. The number of ether oxygens (including phenoxy) is 1. The van der Waals surface area contributed by atoms with Crippen LogP contribution in [0.25, 0.3) is 22.3 Å². The van der Waals surface area contributed by atoms with Crippen LogP contribution in [-0.2, 0) is 79.5 Å². The third-order valence-electron chi connectivity index (χ3n) is 15.0. The maximum atomic E-state index is 15.4. The average Bonchev–Trinajstić information content (AvgIpc) is 3.96. The number of cyclic esters (lactones) is 1. The van der Waals surface area contributed by atoms with E-state index < -0.39 is 58.4 Å². The number of carbonyl (C=O) groups excluding carboxylic acids is 9. The highest BCUT2D eigenvalue weighted by Gasteiger charge is 2.46. The molecule has 3 aliphatic heterocycles. The summed E-state index contributed by atoms with van der Waals surface area (Å²) in [5.74, 6) is -5.80. The third-order valence-corrected chi connectivity index (χ3v) is 15.0. The van der Waals surface area contributed by atoms with Gasteiger partial charge in [0.1, 0.15) is 18.2 Å². The standard InChI is InChI=1S/C56H61FN6O12/c1-4-56(74)41-25-45-51-39(29-63(45)54(72)40(41)30-75-55(56)73)50-43(18-17-38-32(3)42(57)26-44(60-51)49(38)50)61-52(70)31(2)14-15-36(65)27-59-53(71)34(23-33-11-7-5-8-12-33)24-37(66)28-58-46(67)19-16-35(64)13-9-6-10-22-62-47(68)20-21-48(62)69/h5,7-8,11-12,20-21,25-26,31,34,43,74H,4,6,9-10,13-19,22-24,27-30H2,1-3H3,(H,58,67)(H,59,71)(H,61,70)/t31-,34-,43+,56+/m1/s1. The van der Waals surface area contributed by atoms with Crippen molar-refractivity contribution >= 4 is 63.8 Å². The highest BCUT2D eigenvalue weighted by Crippen LogP contribution is 2.46. The first kappa shape index (κ1) is 53.7. The Labute approximate surface area is 431 Å². The van der Waals surface area contributed by atoms with Gasteiger partial charge >= 0.3 is 5.97 Å². The van der Waals surface area contributed by atoms with E-state index in [0.29, 0.717) is 71.1 Å². The Bertz CT molecular complexity index is 3100. The fourth-order valence-electron chi connectivity index (χ4n) is 10.5. The minimum Gasteiger partial charge on any atom is -0.458 e. The first-order chi connectivity index (χ1) is 35.9. The molecular formula is C56H61FN6O12. The largest absolute Gasteiger partial charge is 0.458 e. The summed E-state index contributed by atoms with van der Waals surface area (Å²) in [6.07, 6.45) is 5.11. The number of Topliss-reactive ketones (excluding diaryl/α,β-unsaturated/α-hetero) is 3. The van der Waals surface area contributed by atoms with Crippen LogP contribution in [-0.4, -0.2) is 92.0 Å². The molecule has 394 valence electrons. The van der Waals surface area contributed by atoms with Crippen molar-refractivity contribution in [2.24, 2.45) is 11.8 Å². The van der Waals surface area contributed by atoms with Gasteiger partial charge in [-0.3, -0.25) is 48.1 Å². The van der Waals surface area contributed by atoms with Gasteiger partial charge in [0, 0.05) is 85.2 Å². The molecule has 4 N–H and O–H groups in total. The van der Waals surface area contributed by atoms with Gasteiger partial charge in [-0.1, -0.05) is 50.6 Å². The van der Waals surface area contributed by atoms with Gasteiger partial charge in [0.05, 0.1) is 48.1 Å². The predicted octanol–water partition coefficient (Wildman–Crippen LogP) is 4.50. The molecule has 0 unspecified atom stereocenters. The molecule has 75 heavy (non-hydrogen) atoms. The number of pyridine rings is 2. The van der Waals surface area contributed by atoms with E-state index >= 15 is 4.39 Å². The second-order valence-electron chi connectivity index (χ2n) is 20.0. The predicted molar refractivity (Wildman–Crippen MR) is 270 cm³/mol. The lowest BCUT2D eigenvalue weighted by molar-refractivity contribution is -0.172. The van der Waals surface area contributed by atoms with Crippen LogP contribution in [0, 0.1) is 24.6 Å². The maximum absolute atomic E-state index is 15.4. The summed E-state index contributed by atoms with van der Waals surface area (Å²) in [4.78, 5) is 135. The number of esters is 1. The first-order valence-corrected chi connectivity index (χ1v) is 25.7. The van der Waals surface area contributed by atoms with Crippen molar-refractivity contribution in [3.63, 3.8) is 0 Å². The second kappa shape index (κ2) is 22.9. The monoisotopic (exact) mass is 1030 g/mol. The van der Waals surface area contributed by atoms with Crippen molar-refractivity contribution in [2.45, 2.75) is 129 Å². The Kier molecular flexibility index (Phi) is 16.4. The van der Waals surface area contributed by atoms with Crippen LogP contribution >= 0.6 is 0 Å². The van der Waals surface area contributed by atoms with Crippen LogP contribution in [0.4, 0.5) is 4.39 Å². The SMILES string of the molecule is CC[C@@]1(O)C(=O)OCc2c1cc1n(c2=O)Cc2c-1nc1cc(F)c(C)c3c1c2[C@@H](NC(=O)[C@H](C)CCC(=O)CNC(=O)[C@@H](CC(=O)CNC(=O)CCC(=O)CCCCCN1C(=O)C=CC1=O)Cc1ccccc1)CC3. The zero-order valence-corrected chi connectivity index (χ0v) is 42.3. The number of hydrogen-bond acceptors (Lipinski definition) is 13. The number of aromatic nitrogens is 2. The number of unbranched alkanes of at least 4 members (excludes halogenated alkanes) is 2. The molecule has 4 aromatic rings. The lowest BCUT2D eigenvalue weighted by Gasteiger charge is -2.31. The number of carbonyl (C=O) groups is 9. The van der Waals surface area contributed by atoms with Gasteiger partial charge in [-0.15, -0.1) is 0 Å². The van der Waals surface area contributed by atoms with Crippen LogP contribution in [0.5, 0.6) is 0 Å². The molecule has 19 heteroatoms. The van der Waals surface area contributed by atoms with E-state index in [1.54, 1.807) is 39.0 Å². The number of aliphatic hydroxyl groups is 1. The molecule has 0 spiro atoms. The molecule has 4 atom stereocenters. The molecule has 8 rings (SSSR count). The van der Waals surface area contributed by atoms with E-state index in [0.717, 1.165) is 16.0 Å². The Hall–Kier alpha value is -7.54. The van der Waals surface area contributed by atoms with Crippen molar-refractivity contribution in [1.29, 1.82) is 0 Å². The number of ketones is 3. The van der Waals surface area contributed by atoms with Crippen molar-refractivity contribution in [3.05, 3.63) is 110 Å². The maximum Gasteiger partial charge on any atom is 0.343 e. The van der Waals surface area contributed by atoms with Gasteiger partial charge in [0.15, 0.2) is 17.2 Å². The number of halogens is 1. The molecule has 18 nitrogen and oxygen atoms in total. The zero-order chi connectivity index (χ0) is 53.7. The minimum atomic E-state index is -2.04. The zero-order valence-electron chi connectivity index (χ0n) is 42.3. The number of rotatable bonds is 24. The molecule has 0 fully saturated rings. The first-order valence-electron chi connectivity index (χ1n) is 25.7. The fourth-order valence-corrected chi connectivity index (χ4v) is 10.5. The topological polar surface area (TPSA) is 257 Å². The van der Waals surface area contributed by atoms with E-state index in [9.17, 15) is 53.1 Å². The molecule has 0 saturated heterocycles.